The maximum absolute atomic E-state index is 5.57. The predicted octanol–water partition coefficient (Wildman–Crippen LogP) is 1.43. The molecule has 1 aliphatic rings. The molecule has 1 aliphatic heterocycles. The Bertz CT molecular complexity index is 304. The van der Waals surface area contributed by atoms with Crippen LogP contribution < -0.4 is 5.32 Å². The van der Waals surface area contributed by atoms with Gasteiger partial charge in [0.15, 0.2) is 5.79 Å². The average Bonchev–Trinajstić information content (AvgIpc) is 2.73. The highest BCUT2D eigenvalue weighted by atomic mass is 32.1. The third-order valence-electron chi connectivity index (χ3n) is 2.52. The van der Waals surface area contributed by atoms with Crippen LogP contribution in [0.25, 0.3) is 0 Å². The van der Waals surface area contributed by atoms with Crippen LogP contribution in [-0.4, -0.2) is 36.6 Å². The van der Waals surface area contributed by atoms with Gasteiger partial charge >= 0.3 is 0 Å². The van der Waals surface area contributed by atoms with Crippen molar-refractivity contribution in [3.8, 4) is 0 Å². The van der Waals surface area contributed by atoms with Crippen molar-refractivity contribution in [1.29, 1.82) is 0 Å². The minimum absolute atomic E-state index is 0.299. The van der Waals surface area contributed by atoms with Gasteiger partial charge in [-0.15, -0.1) is 11.3 Å². The van der Waals surface area contributed by atoms with Gasteiger partial charge in [0, 0.05) is 24.5 Å². The van der Waals surface area contributed by atoms with E-state index in [0.717, 1.165) is 13.0 Å². The average molecular weight is 242 g/mol. The van der Waals surface area contributed by atoms with Crippen molar-refractivity contribution < 1.29 is 9.47 Å². The van der Waals surface area contributed by atoms with Crippen LogP contribution in [0, 0.1) is 0 Å². The Morgan fingerprint density at radius 2 is 2.25 bits per heavy atom. The first-order valence-corrected chi connectivity index (χ1v) is 6.43. The van der Waals surface area contributed by atoms with Crippen LogP contribution in [0.4, 0.5) is 0 Å². The third-order valence-corrected chi connectivity index (χ3v) is 3.36. The Morgan fingerprint density at radius 3 is 2.88 bits per heavy atom. The van der Waals surface area contributed by atoms with E-state index in [1.54, 1.807) is 11.3 Å². The molecule has 1 saturated heterocycles. The Labute approximate surface area is 100.0 Å². The molecule has 16 heavy (non-hydrogen) atoms. The summed E-state index contributed by atoms with van der Waals surface area (Å²) in [6, 6.07) is 0.299. The predicted molar refractivity (Wildman–Crippen MR) is 63.6 cm³/mol. The van der Waals surface area contributed by atoms with Crippen molar-refractivity contribution in [3.05, 3.63) is 16.6 Å². The number of thiazole rings is 1. The number of nitrogens with one attached hydrogen (secondary N) is 1. The zero-order valence-corrected chi connectivity index (χ0v) is 10.5. The molecule has 0 bridgehead atoms. The van der Waals surface area contributed by atoms with Gasteiger partial charge in [-0.1, -0.05) is 0 Å². The molecule has 1 fully saturated rings. The van der Waals surface area contributed by atoms with Gasteiger partial charge in [0.1, 0.15) is 0 Å². The lowest BCUT2D eigenvalue weighted by atomic mass is 10.2. The van der Waals surface area contributed by atoms with E-state index in [1.165, 1.54) is 5.01 Å². The second-order valence-electron chi connectivity index (χ2n) is 4.35. The minimum atomic E-state index is -0.423. The number of aromatic nitrogens is 1. The summed E-state index contributed by atoms with van der Waals surface area (Å²) in [6.07, 6.45) is 2.81. The molecule has 0 amide bonds. The van der Waals surface area contributed by atoms with Crippen molar-refractivity contribution in [2.75, 3.05) is 19.8 Å². The molecule has 2 heterocycles. The lowest BCUT2D eigenvalue weighted by Crippen LogP contribution is -2.48. The van der Waals surface area contributed by atoms with Crippen LogP contribution in [0.15, 0.2) is 11.6 Å². The summed E-state index contributed by atoms with van der Waals surface area (Å²) < 4.78 is 11.1. The van der Waals surface area contributed by atoms with Crippen LogP contribution in [-0.2, 0) is 15.9 Å². The zero-order valence-electron chi connectivity index (χ0n) is 9.73. The molecule has 0 spiro atoms. The van der Waals surface area contributed by atoms with Gasteiger partial charge in [0.2, 0.25) is 0 Å². The highest BCUT2D eigenvalue weighted by molar-refractivity contribution is 7.09. The molecule has 1 aromatic heterocycles. The Kier molecular flexibility index (Phi) is 3.91. The molecule has 4 nitrogen and oxygen atoms in total. The maximum Gasteiger partial charge on any atom is 0.162 e. The molecule has 0 aromatic carbocycles. The summed E-state index contributed by atoms with van der Waals surface area (Å²) in [4.78, 5) is 4.24. The van der Waals surface area contributed by atoms with E-state index >= 15 is 0 Å². The highest BCUT2D eigenvalue weighted by Crippen LogP contribution is 2.16. The lowest BCUT2D eigenvalue weighted by molar-refractivity contribution is -0.252. The number of ether oxygens (including phenoxy) is 2. The van der Waals surface area contributed by atoms with Gasteiger partial charge in [-0.05, 0) is 13.8 Å². The normalized spacial score (nSPS) is 21.1. The SMILES string of the molecule is CC1(C)OCC(NCCc2nccs2)CO1. The van der Waals surface area contributed by atoms with E-state index in [1.807, 2.05) is 25.4 Å². The molecule has 0 aliphatic carbocycles. The molecule has 2 rings (SSSR count). The summed E-state index contributed by atoms with van der Waals surface area (Å²) in [5.41, 5.74) is 0. The van der Waals surface area contributed by atoms with Gasteiger partial charge in [-0.2, -0.15) is 0 Å². The third kappa shape index (κ3) is 3.52. The maximum atomic E-state index is 5.57. The van der Waals surface area contributed by atoms with Crippen LogP contribution in [0.5, 0.6) is 0 Å². The standard InChI is InChI=1S/C11H18N2O2S/c1-11(2)14-7-9(8-15-11)12-4-3-10-13-5-6-16-10/h5-6,9,12H,3-4,7-8H2,1-2H3. The fraction of sp³-hybridized carbons (Fsp3) is 0.727. The summed E-state index contributed by atoms with van der Waals surface area (Å²) in [5, 5.41) is 6.59. The smallest absolute Gasteiger partial charge is 0.162 e. The van der Waals surface area contributed by atoms with Gasteiger partial charge in [-0.25, -0.2) is 4.98 Å². The quantitative estimate of drug-likeness (QED) is 0.867. The lowest BCUT2D eigenvalue weighted by Gasteiger charge is -2.35. The Morgan fingerprint density at radius 1 is 1.50 bits per heavy atom. The monoisotopic (exact) mass is 242 g/mol. The number of hydrogen-bond acceptors (Lipinski definition) is 5. The summed E-state index contributed by atoms with van der Waals surface area (Å²) in [6.45, 7) is 6.23. The van der Waals surface area contributed by atoms with Crippen molar-refractivity contribution >= 4 is 11.3 Å². The van der Waals surface area contributed by atoms with Crippen molar-refractivity contribution in [3.63, 3.8) is 0 Å². The fourth-order valence-electron chi connectivity index (χ4n) is 1.57. The molecule has 1 N–H and O–H groups in total. The summed E-state index contributed by atoms with van der Waals surface area (Å²) >= 11 is 1.70. The zero-order chi connectivity index (χ0) is 11.4. The molecule has 1 aromatic rings. The number of hydrogen-bond donors (Lipinski definition) is 1. The number of rotatable bonds is 4. The molecule has 0 unspecified atom stereocenters. The first-order valence-electron chi connectivity index (χ1n) is 5.55. The highest BCUT2D eigenvalue weighted by Gasteiger charge is 2.27. The first kappa shape index (κ1) is 12.0. The Balaban J connectivity index is 1.64. The van der Waals surface area contributed by atoms with Crippen molar-refractivity contribution in [1.82, 2.24) is 10.3 Å². The van der Waals surface area contributed by atoms with Crippen LogP contribution in [0.1, 0.15) is 18.9 Å². The molecular weight excluding hydrogens is 224 g/mol. The second kappa shape index (κ2) is 5.23. The Hall–Kier alpha value is -0.490. The fourth-order valence-corrected chi connectivity index (χ4v) is 2.19. The minimum Gasteiger partial charge on any atom is -0.349 e. The first-order chi connectivity index (χ1) is 7.66. The summed E-state index contributed by atoms with van der Waals surface area (Å²) in [5.74, 6) is -0.423. The molecule has 5 heteroatoms. The van der Waals surface area contributed by atoms with Crippen molar-refractivity contribution in [2.24, 2.45) is 0 Å². The van der Waals surface area contributed by atoms with E-state index in [0.29, 0.717) is 19.3 Å². The van der Waals surface area contributed by atoms with E-state index in [-0.39, 0.29) is 0 Å². The van der Waals surface area contributed by atoms with Gasteiger partial charge in [-0.3, -0.25) is 0 Å². The van der Waals surface area contributed by atoms with Crippen molar-refractivity contribution in [2.45, 2.75) is 32.1 Å². The topological polar surface area (TPSA) is 43.4 Å². The van der Waals surface area contributed by atoms with Gasteiger partial charge < -0.3 is 14.8 Å². The van der Waals surface area contributed by atoms with E-state index < -0.39 is 5.79 Å². The number of nitrogens with zero attached hydrogens (tertiary/aromatic N) is 1. The molecule has 0 saturated carbocycles. The molecule has 0 atom stereocenters. The van der Waals surface area contributed by atoms with Gasteiger partial charge in [0.05, 0.1) is 24.3 Å². The van der Waals surface area contributed by atoms with E-state index in [2.05, 4.69) is 10.3 Å². The molecule has 90 valence electrons. The summed E-state index contributed by atoms with van der Waals surface area (Å²) in [7, 11) is 0. The van der Waals surface area contributed by atoms with Crippen LogP contribution in [0.3, 0.4) is 0 Å². The van der Waals surface area contributed by atoms with Crippen LogP contribution >= 0.6 is 11.3 Å². The van der Waals surface area contributed by atoms with E-state index in [9.17, 15) is 0 Å². The van der Waals surface area contributed by atoms with Gasteiger partial charge in [0.25, 0.3) is 0 Å². The van der Waals surface area contributed by atoms with Crippen LogP contribution in [0.2, 0.25) is 0 Å². The second-order valence-corrected chi connectivity index (χ2v) is 5.33. The molecule has 0 radical (unpaired) electrons. The van der Waals surface area contributed by atoms with E-state index in [4.69, 9.17) is 9.47 Å². The largest absolute Gasteiger partial charge is 0.349 e. The molecular formula is C11H18N2O2S.